The molecular formula is C18H17ClN2O4S2. The van der Waals surface area contributed by atoms with E-state index in [1.165, 1.54) is 11.2 Å². The number of carbonyl (C=O) groups is 1. The molecule has 2 aliphatic heterocycles. The van der Waals surface area contributed by atoms with E-state index in [4.69, 9.17) is 16.3 Å². The molecular weight excluding hydrogens is 408 g/mol. The smallest absolute Gasteiger partial charge is 0.264 e. The zero-order valence-electron chi connectivity index (χ0n) is 14.5. The minimum absolute atomic E-state index is 0.102. The summed E-state index contributed by atoms with van der Waals surface area (Å²) in [5.74, 6) is 1.16. The van der Waals surface area contributed by atoms with Crippen molar-refractivity contribution in [3.05, 3.63) is 41.4 Å². The molecule has 0 saturated heterocycles. The highest BCUT2D eigenvalue weighted by molar-refractivity contribution is 7.99. The average Bonchev–Trinajstić information content (AvgIpc) is 2.66. The number of ether oxygens (including phenoxy) is 1. The number of carbonyl (C=O) groups excluding carboxylic acids is 1. The molecule has 0 saturated carbocycles. The number of fused-ring (bicyclic) bond motifs is 2. The van der Waals surface area contributed by atoms with Crippen molar-refractivity contribution in [3.8, 4) is 5.75 Å². The Labute approximate surface area is 167 Å². The molecule has 0 bridgehead atoms. The minimum Gasteiger partial charge on any atom is -0.489 e. The van der Waals surface area contributed by atoms with Crippen molar-refractivity contribution >= 4 is 50.7 Å². The third kappa shape index (κ3) is 3.26. The summed E-state index contributed by atoms with van der Waals surface area (Å²) in [6.07, 6.45) is 0. The summed E-state index contributed by atoms with van der Waals surface area (Å²) in [6, 6.07) is 9.85. The lowest BCUT2D eigenvalue weighted by molar-refractivity contribution is -0.116. The van der Waals surface area contributed by atoms with Crippen LogP contribution in [0.25, 0.3) is 0 Å². The molecule has 142 valence electrons. The molecule has 0 aromatic heterocycles. The van der Waals surface area contributed by atoms with Crippen LogP contribution >= 0.6 is 23.4 Å². The van der Waals surface area contributed by atoms with Gasteiger partial charge < -0.3 is 9.64 Å². The second-order valence-electron chi connectivity index (χ2n) is 6.19. The lowest BCUT2D eigenvalue weighted by Gasteiger charge is -2.32. The largest absolute Gasteiger partial charge is 0.489 e. The molecule has 0 spiro atoms. The summed E-state index contributed by atoms with van der Waals surface area (Å²) in [7, 11) is -3.83. The van der Waals surface area contributed by atoms with Crippen molar-refractivity contribution in [2.24, 2.45) is 0 Å². The number of anilines is 2. The molecule has 0 radical (unpaired) electrons. The van der Waals surface area contributed by atoms with E-state index < -0.39 is 10.0 Å². The zero-order chi connectivity index (χ0) is 19.2. The second-order valence-corrected chi connectivity index (χ2v) is 9.62. The number of halogens is 1. The van der Waals surface area contributed by atoms with Crippen LogP contribution in [-0.4, -0.2) is 39.8 Å². The number of benzene rings is 2. The summed E-state index contributed by atoms with van der Waals surface area (Å²) < 4.78 is 33.6. The van der Waals surface area contributed by atoms with Gasteiger partial charge in [-0.3, -0.25) is 9.10 Å². The maximum atomic E-state index is 13.3. The van der Waals surface area contributed by atoms with Gasteiger partial charge in [0.1, 0.15) is 12.4 Å². The number of hydrogen-bond acceptors (Lipinski definition) is 5. The Morgan fingerprint density at radius 3 is 2.74 bits per heavy atom. The topological polar surface area (TPSA) is 66.9 Å². The van der Waals surface area contributed by atoms with Gasteiger partial charge in [0.15, 0.2) is 0 Å². The van der Waals surface area contributed by atoms with Gasteiger partial charge in [-0.1, -0.05) is 11.6 Å². The van der Waals surface area contributed by atoms with Crippen LogP contribution < -0.4 is 13.9 Å². The van der Waals surface area contributed by atoms with Crippen LogP contribution in [0.1, 0.15) is 6.92 Å². The van der Waals surface area contributed by atoms with Gasteiger partial charge in [0.05, 0.1) is 22.8 Å². The molecule has 6 nitrogen and oxygen atoms in total. The molecule has 27 heavy (non-hydrogen) atoms. The first kappa shape index (κ1) is 18.5. The van der Waals surface area contributed by atoms with Crippen molar-refractivity contribution in [3.63, 3.8) is 0 Å². The summed E-state index contributed by atoms with van der Waals surface area (Å²) in [6.45, 7) is 2.50. The first-order valence-corrected chi connectivity index (χ1v) is 11.2. The highest BCUT2D eigenvalue weighted by Gasteiger charge is 2.32. The highest BCUT2D eigenvalue weighted by Crippen LogP contribution is 2.40. The van der Waals surface area contributed by atoms with Gasteiger partial charge in [0.2, 0.25) is 5.91 Å². The van der Waals surface area contributed by atoms with Crippen molar-refractivity contribution in [2.45, 2.75) is 16.7 Å². The van der Waals surface area contributed by atoms with Crippen molar-refractivity contribution < 1.29 is 17.9 Å². The molecule has 2 heterocycles. The van der Waals surface area contributed by atoms with Crippen molar-refractivity contribution in [2.75, 3.05) is 34.7 Å². The SMILES string of the molecule is CC(=O)N1CCSc2ccc(S(=O)(=O)N3CCOc4ccc(Cl)cc43)cc21. The lowest BCUT2D eigenvalue weighted by atomic mass is 10.2. The van der Waals surface area contributed by atoms with E-state index in [-0.39, 0.29) is 24.0 Å². The molecule has 0 atom stereocenters. The van der Waals surface area contributed by atoms with Crippen molar-refractivity contribution in [1.82, 2.24) is 0 Å². The molecule has 9 heteroatoms. The number of thioether (sulfide) groups is 1. The van der Waals surface area contributed by atoms with E-state index in [2.05, 4.69) is 0 Å². The summed E-state index contributed by atoms with van der Waals surface area (Å²) in [4.78, 5) is 14.6. The Morgan fingerprint density at radius 2 is 1.96 bits per heavy atom. The average molecular weight is 425 g/mol. The van der Waals surface area contributed by atoms with E-state index in [0.29, 0.717) is 28.7 Å². The second kappa shape index (κ2) is 6.92. The van der Waals surface area contributed by atoms with E-state index in [1.807, 2.05) is 0 Å². The van der Waals surface area contributed by atoms with Gasteiger partial charge in [-0.25, -0.2) is 8.42 Å². The zero-order valence-corrected chi connectivity index (χ0v) is 16.9. The summed E-state index contributed by atoms with van der Waals surface area (Å²) in [5, 5.41) is 0.434. The first-order chi connectivity index (χ1) is 12.9. The molecule has 0 N–H and O–H groups in total. The summed E-state index contributed by atoms with van der Waals surface area (Å²) >= 11 is 7.68. The van der Waals surface area contributed by atoms with Gasteiger partial charge in [0, 0.05) is 29.1 Å². The maximum absolute atomic E-state index is 13.3. The molecule has 4 rings (SSSR count). The van der Waals surface area contributed by atoms with Crippen LogP contribution in [0.4, 0.5) is 11.4 Å². The third-order valence-corrected chi connectivity index (χ3v) is 7.59. The Morgan fingerprint density at radius 1 is 1.15 bits per heavy atom. The Hall–Kier alpha value is -1.90. The van der Waals surface area contributed by atoms with Crippen LogP contribution in [-0.2, 0) is 14.8 Å². The molecule has 2 aromatic rings. The van der Waals surface area contributed by atoms with E-state index in [0.717, 1.165) is 10.6 Å². The van der Waals surface area contributed by atoms with Crippen LogP contribution in [0.3, 0.4) is 0 Å². The van der Waals surface area contributed by atoms with E-state index in [1.54, 1.807) is 53.1 Å². The van der Waals surface area contributed by atoms with Crippen LogP contribution in [0.5, 0.6) is 5.75 Å². The monoisotopic (exact) mass is 424 g/mol. The van der Waals surface area contributed by atoms with E-state index in [9.17, 15) is 13.2 Å². The minimum atomic E-state index is -3.83. The lowest BCUT2D eigenvalue weighted by Crippen LogP contribution is -2.38. The van der Waals surface area contributed by atoms with Crippen molar-refractivity contribution in [1.29, 1.82) is 0 Å². The standard InChI is InChI=1S/C18H17ClN2O4S2/c1-12(22)20-7-9-26-18-5-3-14(11-16(18)20)27(23,24)21-6-8-25-17-4-2-13(19)10-15(17)21/h2-5,10-11H,6-9H2,1H3. The molecule has 0 fully saturated rings. The Bertz CT molecular complexity index is 1030. The predicted octanol–water partition coefficient (Wildman–Crippen LogP) is 3.39. The number of hydrogen-bond donors (Lipinski definition) is 0. The van der Waals surface area contributed by atoms with Gasteiger partial charge in [-0.2, -0.15) is 0 Å². The fourth-order valence-corrected chi connectivity index (χ4v) is 5.84. The van der Waals surface area contributed by atoms with Crippen LogP contribution in [0.15, 0.2) is 46.2 Å². The molecule has 0 aliphatic carbocycles. The third-order valence-electron chi connectivity index (χ3n) is 4.50. The van der Waals surface area contributed by atoms with Gasteiger partial charge in [0.25, 0.3) is 10.0 Å². The molecule has 2 aliphatic rings. The number of rotatable bonds is 2. The normalized spacial score (nSPS) is 16.4. The van der Waals surface area contributed by atoms with Crippen LogP contribution in [0.2, 0.25) is 5.02 Å². The predicted molar refractivity (Wildman–Crippen MR) is 107 cm³/mol. The first-order valence-electron chi connectivity index (χ1n) is 8.38. The number of sulfonamides is 1. The Balaban J connectivity index is 1.79. The fraction of sp³-hybridized carbons (Fsp3) is 0.278. The number of nitrogens with zero attached hydrogens (tertiary/aromatic N) is 2. The van der Waals surface area contributed by atoms with Crippen LogP contribution in [0, 0.1) is 0 Å². The van der Waals surface area contributed by atoms with E-state index >= 15 is 0 Å². The highest BCUT2D eigenvalue weighted by atomic mass is 35.5. The molecule has 0 unspecified atom stereocenters. The Kier molecular flexibility index (Phi) is 4.73. The summed E-state index contributed by atoms with van der Waals surface area (Å²) in [5.41, 5.74) is 1.06. The van der Waals surface area contributed by atoms with Gasteiger partial charge in [-0.15, -0.1) is 11.8 Å². The molecule has 2 aromatic carbocycles. The van der Waals surface area contributed by atoms with Gasteiger partial charge >= 0.3 is 0 Å². The number of amides is 1. The van der Waals surface area contributed by atoms with Gasteiger partial charge in [-0.05, 0) is 36.4 Å². The quantitative estimate of drug-likeness (QED) is 0.739. The fourth-order valence-electron chi connectivity index (χ4n) is 3.23. The maximum Gasteiger partial charge on any atom is 0.264 e. The molecule has 1 amide bonds.